The van der Waals surface area contributed by atoms with Crippen molar-refractivity contribution in [1.82, 2.24) is 9.88 Å². The highest BCUT2D eigenvalue weighted by Crippen LogP contribution is 2.35. The van der Waals surface area contributed by atoms with E-state index in [-0.39, 0.29) is 0 Å². The van der Waals surface area contributed by atoms with Gasteiger partial charge in [0.05, 0.1) is 17.3 Å². The minimum Gasteiger partial charge on any atom is -0.490 e. The van der Waals surface area contributed by atoms with Crippen molar-refractivity contribution in [3.8, 4) is 5.75 Å². The van der Waals surface area contributed by atoms with Gasteiger partial charge in [0.15, 0.2) is 0 Å². The Balaban J connectivity index is 2.14. The van der Waals surface area contributed by atoms with E-state index in [9.17, 15) is 4.79 Å². The lowest BCUT2D eigenvalue weighted by Crippen LogP contribution is -2.28. The molecule has 0 radical (unpaired) electrons. The molecule has 0 saturated carbocycles. The summed E-state index contributed by atoms with van der Waals surface area (Å²) in [4.78, 5) is 21.3. The maximum absolute atomic E-state index is 11.1. The molecule has 2 aromatic rings. The summed E-state index contributed by atoms with van der Waals surface area (Å²) in [6.07, 6.45) is 7.51. The number of rotatable bonds is 11. The van der Waals surface area contributed by atoms with E-state index in [1.54, 1.807) is 18.2 Å². The third kappa shape index (κ3) is 6.56. The molecule has 0 aliphatic heterocycles. The number of nitrogens with zero attached hydrogens (tertiary/aromatic N) is 3. The van der Waals surface area contributed by atoms with Gasteiger partial charge in [0.1, 0.15) is 12.4 Å². The van der Waals surface area contributed by atoms with Crippen molar-refractivity contribution < 1.29 is 9.53 Å². The number of nitrogens with two attached hydrogens (primary N) is 1. The number of aromatic nitrogens is 1. The fraction of sp³-hybridized carbons (Fsp3) is 0.375. The molecule has 0 saturated heterocycles. The lowest BCUT2D eigenvalue weighted by atomic mass is 9.98. The van der Waals surface area contributed by atoms with Crippen LogP contribution >= 0.6 is 11.6 Å². The summed E-state index contributed by atoms with van der Waals surface area (Å²) in [6.45, 7) is 7.68. The van der Waals surface area contributed by atoms with E-state index in [4.69, 9.17) is 22.1 Å². The topological polar surface area (TPSA) is 80.8 Å². The SMILES string of the molecule is CCCN(C=O)CCOc1c(C)cc(Cc2ccc(/C(C=NC)=C/N)nc2)c(C)c1Cl. The van der Waals surface area contributed by atoms with Crippen LogP contribution in [0.4, 0.5) is 0 Å². The van der Waals surface area contributed by atoms with Gasteiger partial charge in [-0.1, -0.05) is 30.7 Å². The molecule has 2 rings (SSSR count). The Morgan fingerprint density at radius 1 is 1.32 bits per heavy atom. The first kappa shape index (κ1) is 24.4. The van der Waals surface area contributed by atoms with Gasteiger partial charge in [-0.15, -0.1) is 0 Å². The van der Waals surface area contributed by atoms with Gasteiger partial charge in [-0.3, -0.25) is 14.8 Å². The molecule has 166 valence electrons. The van der Waals surface area contributed by atoms with Gasteiger partial charge in [-0.25, -0.2) is 0 Å². The van der Waals surface area contributed by atoms with Gasteiger partial charge in [-0.05, 0) is 55.0 Å². The average molecular weight is 443 g/mol. The van der Waals surface area contributed by atoms with E-state index in [1.165, 1.54) is 6.20 Å². The Bertz CT molecular complexity index is 940. The van der Waals surface area contributed by atoms with E-state index in [0.29, 0.717) is 30.3 Å². The summed E-state index contributed by atoms with van der Waals surface area (Å²) in [5.74, 6) is 0.676. The first-order chi connectivity index (χ1) is 14.9. The fourth-order valence-electron chi connectivity index (χ4n) is 3.30. The predicted molar refractivity (Wildman–Crippen MR) is 128 cm³/mol. The molecule has 0 aliphatic rings. The summed E-state index contributed by atoms with van der Waals surface area (Å²) >= 11 is 6.64. The normalized spacial score (nSPS) is 11.7. The third-order valence-corrected chi connectivity index (χ3v) is 5.46. The molecule has 2 N–H and O–H groups in total. The Labute approximate surface area is 189 Å². The van der Waals surface area contributed by atoms with E-state index < -0.39 is 0 Å². The van der Waals surface area contributed by atoms with Crippen molar-refractivity contribution in [3.05, 3.63) is 63.6 Å². The van der Waals surface area contributed by atoms with E-state index in [0.717, 1.165) is 52.9 Å². The molecule has 0 unspecified atom stereocenters. The van der Waals surface area contributed by atoms with Crippen LogP contribution in [-0.4, -0.2) is 49.3 Å². The highest BCUT2D eigenvalue weighted by molar-refractivity contribution is 6.33. The minimum atomic E-state index is 0.404. The molecule has 7 heteroatoms. The zero-order chi connectivity index (χ0) is 22.8. The van der Waals surface area contributed by atoms with Crippen LogP contribution in [0, 0.1) is 13.8 Å². The summed E-state index contributed by atoms with van der Waals surface area (Å²) < 4.78 is 5.93. The number of aliphatic imine (C=N–C) groups is 1. The molecule has 1 aromatic heterocycles. The first-order valence-corrected chi connectivity index (χ1v) is 10.7. The van der Waals surface area contributed by atoms with Crippen LogP contribution in [-0.2, 0) is 11.2 Å². The number of hydrogen-bond donors (Lipinski definition) is 1. The standard InChI is InChI=1S/C24H31ClN4O2/c1-5-8-29(16-30)9-10-31-24-17(2)11-20(18(3)23(24)25)12-19-6-7-22(28-14-19)21(13-26)15-27-4/h6-7,11,13-16H,5,8-10,12,26H2,1-4H3/b21-13+,27-15?. The molecule has 0 bridgehead atoms. The second kappa shape index (κ2) is 12.1. The smallest absolute Gasteiger partial charge is 0.209 e. The summed E-state index contributed by atoms with van der Waals surface area (Å²) in [6, 6.07) is 6.07. The second-order valence-corrected chi connectivity index (χ2v) is 7.73. The molecule has 0 aliphatic carbocycles. The maximum atomic E-state index is 11.1. The number of hydrogen-bond acceptors (Lipinski definition) is 5. The molecule has 31 heavy (non-hydrogen) atoms. The number of aryl methyl sites for hydroxylation is 1. The van der Waals surface area contributed by atoms with Crippen LogP contribution in [0.2, 0.25) is 5.02 Å². The van der Waals surface area contributed by atoms with E-state index in [1.807, 2.05) is 39.1 Å². The van der Waals surface area contributed by atoms with Crippen LogP contribution in [0.3, 0.4) is 0 Å². The highest BCUT2D eigenvalue weighted by Gasteiger charge is 2.14. The Hall–Kier alpha value is -2.86. The number of ether oxygens (including phenoxy) is 1. The van der Waals surface area contributed by atoms with Crippen molar-refractivity contribution in [3.63, 3.8) is 0 Å². The zero-order valence-electron chi connectivity index (χ0n) is 18.7. The minimum absolute atomic E-state index is 0.404. The van der Waals surface area contributed by atoms with Crippen LogP contribution < -0.4 is 10.5 Å². The molecule has 1 aromatic carbocycles. The Kier molecular flexibility index (Phi) is 9.53. The number of carbonyl (C=O) groups excluding carboxylic acids is 1. The number of benzene rings is 1. The maximum Gasteiger partial charge on any atom is 0.209 e. The monoisotopic (exact) mass is 442 g/mol. The Morgan fingerprint density at radius 2 is 2.10 bits per heavy atom. The molecule has 1 amide bonds. The first-order valence-electron chi connectivity index (χ1n) is 10.3. The lowest BCUT2D eigenvalue weighted by molar-refractivity contribution is -0.118. The van der Waals surface area contributed by atoms with Gasteiger partial charge in [0.25, 0.3) is 0 Å². The van der Waals surface area contributed by atoms with Crippen molar-refractivity contribution in [2.24, 2.45) is 10.7 Å². The van der Waals surface area contributed by atoms with Crippen molar-refractivity contribution >= 4 is 29.8 Å². The molecule has 0 spiro atoms. The number of pyridine rings is 1. The van der Waals surface area contributed by atoms with Crippen LogP contribution in [0.25, 0.3) is 5.57 Å². The van der Waals surface area contributed by atoms with Crippen molar-refractivity contribution in [1.29, 1.82) is 0 Å². The number of carbonyl (C=O) groups is 1. The number of halogens is 1. The molecule has 0 fully saturated rings. The van der Waals surface area contributed by atoms with Crippen LogP contribution in [0.15, 0.2) is 35.6 Å². The molecular formula is C24H31ClN4O2. The average Bonchev–Trinajstić information content (AvgIpc) is 2.77. The lowest BCUT2D eigenvalue weighted by Gasteiger charge is -2.19. The Morgan fingerprint density at radius 3 is 2.68 bits per heavy atom. The molecular weight excluding hydrogens is 412 g/mol. The molecule has 6 nitrogen and oxygen atoms in total. The molecule has 1 heterocycles. The zero-order valence-corrected chi connectivity index (χ0v) is 19.4. The van der Waals surface area contributed by atoms with Crippen molar-refractivity contribution in [2.45, 2.75) is 33.6 Å². The van der Waals surface area contributed by atoms with Gasteiger partial charge in [0.2, 0.25) is 6.41 Å². The van der Waals surface area contributed by atoms with Crippen LogP contribution in [0.5, 0.6) is 5.75 Å². The van der Waals surface area contributed by atoms with E-state index >= 15 is 0 Å². The number of allylic oxidation sites excluding steroid dienone is 1. The quantitative estimate of drug-likeness (QED) is 0.418. The van der Waals surface area contributed by atoms with Crippen LogP contribution in [0.1, 0.15) is 41.3 Å². The third-order valence-electron chi connectivity index (χ3n) is 5.01. The van der Waals surface area contributed by atoms with E-state index in [2.05, 4.69) is 16.0 Å². The fourth-order valence-corrected chi connectivity index (χ4v) is 3.63. The van der Waals surface area contributed by atoms with Crippen molar-refractivity contribution in [2.75, 3.05) is 26.7 Å². The van der Waals surface area contributed by atoms with Gasteiger partial charge in [0, 0.05) is 37.8 Å². The summed E-state index contributed by atoms with van der Waals surface area (Å²) in [5, 5.41) is 0.611. The predicted octanol–water partition coefficient (Wildman–Crippen LogP) is 4.19. The second-order valence-electron chi connectivity index (χ2n) is 7.35. The number of amides is 1. The largest absolute Gasteiger partial charge is 0.490 e. The van der Waals surface area contributed by atoms with Gasteiger partial charge in [-0.2, -0.15) is 0 Å². The van der Waals surface area contributed by atoms with Gasteiger partial charge >= 0.3 is 0 Å². The van der Waals surface area contributed by atoms with Gasteiger partial charge < -0.3 is 15.4 Å². The summed E-state index contributed by atoms with van der Waals surface area (Å²) in [7, 11) is 1.70. The molecule has 0 atom stereocenters. The summed E-state index contributed by atoms with van der Waals surface area (Å²) in [5.41, 5.74) is 11.3. The highest BCUT2D eigenvalue weighted by atomic mass is 35.5.